The predicted octanol–water partition coefficient (Wildman–Crippen LogP) is 4.66. The number of hydrogen-bond acceptors (Lipinski definition) is 3. The molecule has 0 aliphatic carbocycles. The monoisotopic (exact) mass is 338 g/mol. The van der Waals surface area contributed by atoms with E-state index in [1.807, 2.05) is 42.5 Å². The third-order valence-electron chi connectivity index (χ3n) is 2.73. The first-order chi connectivity index (χ1) is 9.11. The Labute approximate surface area is 125 Å². The van der Waals surface area contributed by atoms with Crippen molar-refractivity contribution < 1.29 is 9.84 Å². The van der Waals surface area contributed by atoms with Gasteiger partial charge in [-0.1, -0.05) is 30.0 Å². The van der Waals surface area contributed by atoms with Gasteiger partial charge in [-0.25, -0.2) is 0 Å². The van der Waals surface area contributed by atoms with E-state index in [4.69, 9.17) is 4.74 Å². The largest absolute Gasteiger partial charge is 0.496 e. The molecule has 2 aromatic rings. The maximum atomic E-state index is 9.56. The van der Waals surface area contributed by atoms with Crippen molar-refractivity contribution in [3.05, 3.63) is 52.5 Å². The molecule has 2 rings (SSSR count). The lowest BCUT2D eigenvalue weighted by Gasteiger charge is -2.11. The summed E-state index contributed by atoms with van der Waals surface area (Å²) < 4.78 is 6.32. The Hall–Kier alpha value is -0.970. The molecule has 0 saturated carbocycles. The topological polar surface area (TPSA) is 29.5 Å². The van der Waals surface area contributed by atoms with Gasteiger partial charge in [0, 0.05) is 9.37 Å². The summed E-state index contributed by atoms with van der Waals surface area (Å²) in [6.45, 7) is 1.76. The molecule has 0 bridgehead atoms. The Balaban J connectivity index is 2.28. The van der Waals surface area contributed by atoms with Gasteiger partial charge in [0.1, 0.15) is 5.75 Å². The molecular formula is C15H15BrO2S. The van der Waals surface area contributed by atoms with Crippen LogP contribution in [0.3, 0.4) is 0 Å². The van der Waals surface area contributed by atoms with Crippen LogP contribution in [0.25, 0.3) is 0 Å². The van der Waals surface area contributed by atoms with Crippen LogP contribution in [0.1, 0.15) is 18.6 Å². The van der Waals surface area contributed by atoms with Crippen molar-refractivity contribution in [1.82, 2.24) is 0 Å². The SMILES string of the molecule is COc1ccccc1Sc1ccc([C@H](C)O)cc1Br. The van der Waals surface area contributed by atoms with Gasteiger partial charge < -0.3 is 9.84 Å². The van der Waals surface area contributed by atoms with Gasteiger partial charge >= 0.3 is 0 Å². The van der Waals surface area contributed by atoms with E-state index in [-0.39, 0.29) is 0 Å². The van der Waals surface area contributed by atoms with Crippen LogP contribution in [0.4, 0.5) is 0 Å². The molecule has 0 fully saturated rings. The summed E-state index contributed by atoms with van der Waals surface area (Å²) in [5.41, 5.74) is 0.899. The maximum Gasteiger partial charge on any atom is 0.132 e. The minimum absolute atomic E-state index is 0.457. The van der Waals surface area contributed by atoms with Crippen molar-refractivity contribution in [3.63, 3.8) is 0 Å². The van der Waals surface area contributed by atoms with Gasteiger partial charge in [0.25, 0.3) is 0 Å². The van der Waals surface area contributed by atoms with Crippen molar-refractivity contribution in [1.29, 1.82) is 0 Å². The highest BCUT2D eigenvalue weighted by molar-refractivity contribution is 9.10. The lowest BCUT2D eigenvalue weighted by molar-refractivity contribution is 0.199. The van der Waals surface area contributed by atoms with Crippen LogP contribution in [-0.4, -0.2) is 12.2 Å². The van der Waals surface area contributed by atoms with Crippen LogP contribution in [-0.2, 0) is 0 Å². The molecule has 0 radical (unpaired) electrons. The molecule has 2 nitrogen and oxygen atoms in total. The molecule has 0 aromatic heterocycles. The van der Waals surface area contributed by atoms with E-state index in [1.54, 1.807) is 25.8 Å². The van der Waals surface area contributed by atoms with Crippen LogP contribution in [0, 0.1) is 0 Å². The molecule has 1 N–H and O–H groups in total. The normalized spacial score (nSPS) is 12.2. The van der Waals surface area contributed by atoms with E-state index in [0.29, 0.717) is 0 Å². The van der Waals surface area contributed by atoms with Crippen molar-refractivity contribution in [2.45, 2.75) is 22.8 Å². The van der Waals surface area contributed by atoms with Crippen LogP contribution in [0.5, 0.6) is 5.75 Å². The number of ether oxygens (including phenoxy) is 1. The van der Waals surface area contributed by atoms with Gasteiger partial charge in [0.15, 0.2) is 0 Å². The van der Waals surface area contributed by atoms with E-state index >= 15 is 0 Å². The van der Waals surface area contributed by atoms with Crippen LogP contribution in [0.2, 0.25) is 0 Å². The van der Waals surface area contributed by atoms with Crippen LogP contribution in [0.15, 0.2) is 56.7 Å². The zero-order valence-electron chi connectivity index (χ0n) is 10.8. The zero-order chi connectivity index (χ0) is 13.8. The molecule has 0 unspecified atom stereocenters. The van der Waals surface area contributed by atoms with E-state index < -0.39 is 6.10 Å². The van der Waals surface area contributed by atoms with Crippen molar-refractivity contribution in [3.8, 4) is 5.75 Å². The molecule has 0 spiro atoms. The van der Waals surface area contributed by atoms with Gasteiger partial charge in [0.2, 0.25) is 0 Å². The van der Waals surface area contributed by atoms with Crippen molar-refractivity contribution >= 4 is 27.7 Å². The van der Waals surface area contributed by atoms with E-state index in [9.17, 15) is 5.11 Å². The van der Waals surface area contributed by atoms with E-state index in [2.05, 4.69) is 15.9 Å². The smallest absolute Gasteiger partial charge is 0.132 e. The standard InChI is InChI=1S/C15H15BrO2S/c1-10(17)11-7-8-14(12(16)9-11)19-15-6-4-3-5-13(15)18-2/h3-10,17H,1-2H3/t10-/m0/s1. The van der Waals surface area contributed by atoms with Gasteiger partial charge in [0.05, 0.1) is 18.1 Å². The molecule has 0 saturated heterocycles. The number of methoxy groups -OCH3 is 1. The molecule has 19 heavy (non-hydrogen) atoms. The highest BCUT2D eigenvalue weighted by atomic mass is 79.9. The first-order valence-electron chi connectivity index (χ1n) is 5.90. The molecule has 0 aliphatic rings. The summed E-state index contributed by atoms with van der Waals surface area (Å²) in [5.74, 6) is 0.860. The Morgan fingerprint density at radius 3 is 2.53 bits per heavy atom. The summed E-state index contributed by atoms with van der Waals surface area (Å²) >= 11 is 5.18. The van der Waals surface area contributed by atoms with Crippen molar-refractivity contribution in [2.75, 3.05) is 7.11 Å². The first kappa shape index (κ1) is 14.4. The summed E-state index contributed by atoms with van der Waals surface area (Å²) in [6.07, 6.45) is -0.457. The summed E-state index contributed by atoms with van der Waals surface area (Å²) in [5, 5.41) is 9.56. The molecule has 2 aromatic carbocycles. The summed E-state index contributed by atoms with van der Waals surface area (Å²) in [6, 6.07) is 13.8. The number of aliphatic hydroxyl groups is 1. The van der Waals surface area contributed by atoms with Crippen LogP contribution < -0.4 is 4.74 Å². The third kappa shape index (κ3) is 3.53. The van der Waals surface area contributed by atoms with Gasteiger partial charge in [-0.2, -0.15) is 0 Å². The summed E-state index contributed by atoms with van der Waals surface area (Å²) in [7, 11) is 1.67. The fourth-order valence-corrected chi connectivity index (χ4v) is 3.25. The minimum atomic E-state index is -0.457. The highest BCUT2D eigenvalue weighted by Gasteiger charge is 2.09. The second-order valence-electron chi connectivity index (χ2n) is 4.12. The van der Waals surface area contributed by atoms with E-state index in [0.717, 1.165) is 25.6 Å². The van der Waals surface area contributed by atoms with Crippen molar-refractivity contribution in [2.24, 2.45) is 0 Å². The van der Waals surface area contributed by atoms with Crippen LogP contribution >= 0.6 is 27.7 Å². The number of aliphatic hydroxyl groups excluding tert-OH is 1. The number of para-hydroxylation sites is 1. The highest BCUT2D eigenvalue weighted by Crippen LogP contribution is 2.39. The second kappa shape index (κ2) is 6.46. The molecular weight excluding hydrogens is 324 g/mol. The summed E-state index contributed by atoms with van der Waals surface area (Å²) in [4.78, 5) is 2.16. The Morgan fingerprint density at radius 1 is 1.16 bits per heavy atom. The molecule has 4 heteroatoms. The molecule has 0 amide bonds. The van der Waals surface area contributed by atoms with Gasteiger partial charge in [-0.3, -0.25) is 0 Å². The number of rotatable bonds is 4. The van der Waals surface area contributed by atoms with Gasteiger partial charge in [-0.15, -0.1) is 0 Å². The number of halogens is 1. The average Bonchev–Trinajstić information content (AvgIpc) is 2.41. The number of hydrogen-bond donors (Lipinski definition) is 1. The molecule has 0 aliphatic heterocycles. The predicted molar refractivity (Wildman–Crippen MR) is 81.9 cm³/mol. The fraction of sp³-hybridized carbons (Fsp3) is 0.200. The Bertz CT molecular complexity index is 570. The molecule has 0 heterocycles. The van der Waals surface area contributed by atoms with Gasteiger partial charge in [-0.05, 0) is 52.7 Å². The lowest BCUT2D eigenvalue weighted by atomic mass is 10.1. The molecule has 100 valence electrons. The Kier molecular flexibility index (Phi) is 4.91. The fourth-order valence-electron chi connectivity index (χ4n) is 1.68. The quantitative estimate of drug-likeness (QED) is 0.878. The maximum absolute atomic E-state index is 9.56. The average molecular weight is 339 g/mol. The third-order valence-corrected chi connectivity index (χ3v) is 4.78. The molecule has 1 atom stereocenters. The lowest BCUT2D eigenvalue weighted by Crippen LogP contribution is -1.91. The Morgan fingerprint density at radius 2 is 1.89 bits per heavy atom. The zero-order valence-corrected chi connectivity index (χ0v) is 13.2. The minimum Gasteiger partial charge on any atom is -0.496 e. The van der Waals surface area contributed by atoms with E-state index in [1.165, 1.54) is 0 Å². The first-order valence-corrected chi connectivity index (χ1v) is 7.51. The number of benzene rings is 2. The second-order valence-corrected chi connectivity index (χ2v) is 6.06.